The number of hydrogen-bond donors (Lipinski definition) is 1. The molecule has 2 aromatic heterocycles. The summed E-state index contributed by atoms with van der Waals surface area (Å²) in [7, 11) is 0. The van der Waals surface area contributed by atoms with Crippen molar-refractivity contribution in [3.8, 4) is 5.69 Å². The van der Waals surface area contributed by atoms with Gasteiger partial charge in [-0.05, 0) is 79.3 Å². The lowest BCUT2D eigenvalue weighted by Crippen LogP contribution is -2.30. The van der Waals surface area contributed by atoms with Crippen LogP contribution in [0.5, 0.6) is 0 Å². The van der Waals surface area contributed by atoms with E-state index in [1.165, 1.54) is 5.56 Å². The number of benzene rings is 2. The van der Waals surface area contributed by atoms with E-state index >= 15 is 0 Å². The predicted octanol–water partition coefficient (Wildman–Crippen LogP) is 6.12. The number of aromatic nitrogens is 2. The number of thiocarbonyl (C=S) groups is 1. The Labute approximate surface area is 195 Å². The zero-order valence-corrected chi connectivity index (χ0v) is 19.3. The van der Waals surface area contributed by atoms with Crippen LogP contribution in [0.2, 0.25) is 0 Å². The molecule has 1 aliphatic rings. The van der Waals surface area contributed by atoms with Crippen LogP contribution in [0, 0.1) is 6.92 Å². The lowest BCUT2D eigenvalue weighted by atomic mass is 10.0. The van der Waals surface area contributed by atoms with Crippen LogP contribution in [0.3, 0.4) is 0 Å². The van der Waals surface area contributed by atoms with Crippen LogP contribution in [-0.2, 0) is 0 Å². The van der Waals surface area contributed by atoms with Crippen molar-refractivity contribution in [1.29, 1.82) is 0 Å². The van der Waals surface area contributed by atoms with Crippen molar-refractivity contribution in [2.45, 2.75) is 19.0 Å². The monoisotopic (exact) mass is 488 g/mol. The summed E-state index contributed by atoms with van der Waals surface area (Å²) in [5.41, 5.74) is 5.54. The highest BCUT2D eigenvalue weighted by atomic mass is 79.9. The van der Waals surface area contributed by atoms with Gasteiger partial charge in [0.15, 0.2) is 5.11 Å². The maximum absolute atomic E-state index is 5.84. The molecule has 6 heteroatoms. The van der Waals surface area contributed by atoms with Gasteiger partial charge >= 0.3 is 0 Å². The van der Waals surface area contributed by atoms with Gasteiger partial charge in [0, 0.05) is 33.9 Å². The minimum absolute atomic E-state index is 0.0572. The Bertz CT molecular complexity index is 1220. The number of nitrogens with zero attached hydrogens (tertiary/aromatic N) is 3. The van der Waals surface area contributed by atoms with Crippen molar-refractivity contribution in [3.05, 3.63) is 113 Å². The van der Waals surface area contributed by atoms with Crippen LogP contribution in [-0.4, -0.2) is 14.7 Å². The van der Waals surface area contributed by atoms with E-state index < -0.39 is 0 Å². The summed E-state index contributed by atoms with van der Waals surface area (Å²) < 4.78 is 3.30. The van der Waals surface area contributed by atoms with Crippen LogP contribution in [0.1, 0.15) is 29.0 Å². The zero-order valence-electron chi connectivity index (χ0n) is 16.9. The Kier molecular flexibility index (Phi) is 5.34. The number of rotatable bonds is 4. The molecule has 1 N–H and O–H groups in total. The second-order valence-electron chi connectivity index (χ2n) is 7.56. The van der Waals surface area contributed by atoms with E-state index in [9.17, 15) is 0 Å². The van der Waals surface area contributed by atoms with Crippen molar-refractivity contribution >= 4 is 38.9 Å². The molecule has 0 spiro atoms. The summed E-state index contributed by atoms with van der Waals surface area (Å²) in [6, 6.07) is 26.9. The number of para-hydroxylation sites is 1. The largest absolute Gasteiger partial charge is 0.351 e. The first-order valence-corrected chi connectivity index (χ1v) is 11.3. The first-order chi connectivity index (χ1) is 15.1. The van der Waals surface area contributed by atoms with E-state index in [1.807, 2.05) is 30.5 Å². The van der Waals surface area contributed by atoms with Crippen LogP contribution in [0.4, 0.5) is 5.69 Å². The zero-order chi connectivity index (χ0) is 21.4. The third kappa shape index (κ3) is 3.66. The molecule has 1 aliphatic heterocycles. The Hall–Kier alpha value is -2.96. The smallest absolute Gasteiger partial charge is 0.174 e. The molecule has 2 aromatic carbocycles. The molecule has 4 nitrogen and oxygen atoms in total. The van der Waals surface area contributed by atoms with Gasteiger partial charge in [0.2, 0.25) is 0 Å². The molecule has 4 aromatic rings. The average molecular weight is 489 g/mol. The molecular formula is C25H21BrN4S. The third-order valence-electron chi connectivity index (χ3n) is 5.66. The van der Waals surface area contributed by atoms with Crippen molar-refractivity contribution in [3.63, 3.8) is 0 Å². The summed E-state index contributed by atoms with van der Waals surface area (Å²) >= 11 is 9.38. The fourth-order valence-electron chi connectivity index (χ4n) is 4.22. The average Bonchev–Trinajstić information content (AvgIpc) is 3.39. The molecule has 0 radical (unpaired) electrons. The van der Waals surface area contributed by atoms with E-state index in [4.69, 9.17) is 12.2 Å². The Morgan fingerprint density at radius 2 is 1.71 bits per heavy atom. The fourth-order valence-corrected chi connectivity index (χ4v) is 4.83. The van der Waals surface area contributed by atoms with Gasteiger partial charge < -0.3 is 14.8 Å². The summed E-state index contributed by atoms with van der Waals surface area (Å²) in [5.74, 6) is 0. The highest BCUT2D eigenvalue weighted by Gasteiger charge is 2.42. The topological polar surface area (TPSA) is 33.1 Å². The van der Waals surface area contributed by atoms with Crippen molar-refractivity contribution in [2.24, 2.45) is 0 Å². The number of halogens is 1. The first kappa shape index (κ1) is 20.0. The maximum Gasteiger partial charge on any atom is 0.174 e. The Morgan fingerprint density at radius 3 is 2.45 bits per heavy atom. The lowest BCUT2D eigenvalue weighted by molar-refractivity contribution is 0.549. The summed E-state index contributed by atoms with van der Waals surface area (Å²) in [6.45, 7) is 2.14. The van der Waals surface area contributed by atoms with Gasteiger partial charge in [-0.2, -0.15) is 0 Å². The Balaban J connectivity index is 1.68. The highest BCUT2D eigenvalue weighted by molar-refractivity contribution is 9.10. The molecule has 0 saturated carbocycles. The van der Waals surface area contributed by atoms with E-state index in [0.29, 0.717) is 5.11 Å². The van der Waals surface area contributed by atoms with Crippen molar-refractivity contribution < 1.29 is 0 Å². The minimum Gasteiger partial charge on any atom is -0.351 e. The van der Waals surface area contributed by atoms with Crippen LogP contribution < -0.4 is 10.2 Å². The van der Waals surface area contributed by atoms with Crippen molar-refractivity contribution in [1.82, 2.24) is 14.9 Å². The summed E-state index contributed by atoms with van der Waals surface area (Å²) in [4.78, 5) is 6.85. The molecular weight excluding hydrogens is 468 g/mol. The molecule has 2 atom stereocenters. The molecule has 31 heavy (non-hydrogen) atoms. The standard InChI is InChI=1S/C25H21BrN4S/c1-17-7-2-3-9-21(17)29-16-6-10-22(29)24-23(20-8-4-5-15-27-20)28-25(31)30(24)19-13-11-18(26)12-14-19/h2-16,23-24H,1H3,(H,28,31)/t23-,24+/m1/s1. The number of aryl methyl sites for hydroxylation is 1. The molecule has 5 rings (SSSR count). The molecule has 0 unspecified atom stereocenters. The van der Waals surface area contributed by atoms with Crippen LogP contribution >= 0.6 is 28.1 Å². The highest BCUT2D eigenvalue weighted by Crippen LogP contribution is 2.42. The summed E-state index contributed by atoms with van der Waals surface area (Å²) in [6.07, 6.45) is 3.95. The number of anilines is 1. The van der Waals surface area contributed by atoms with Gasteiger partial charge in [0.05, 0.1) is 11.7 Å². The molecule has 1 saturated heterocycles. The molecule has 0 amide bonds. The predicted molar refractivity (Wildman–Crippen MR) is 133 cm³/mol. The molecule has 154 valence electrons. The first-order valence-electron chi connectivity index (χ1n) is 10.1. The lowest BCUT2D eigenvalue weighted by Gasteiger charge is -2.29. The van der Waals surface area contributed by atoms with Crippen LogP contribution in [0.15, 0.2) is 95.7 Å². The number of nitrogens with one attached hydrogen (secondary N) is 1. The van der Waals surface area contributed by atoms with Gasteiger partial charge in [-0.3, -0.25) is 4.98 Å². The van der Waals surface area contributed by atoms with E-state index in [1.54, 1.807) is 0 Å². The van der Waals surface area contributed by atoms with E-state index in [2.05, 4.69) is 103 Å². The number of pyridine rings is 1. The molecule has 0 aliphatic carbocycles. The van der Waals surface area contributed by atoms with Gasteiger partial charge in [-0.1, -0.05) is 40.2 Å². The van der Waals surface area contributed by atoms with Crippen LogP contribution in [0.25, 0.3) is 5.69 Å². The molecule has 1 fully saturated rings. The summed E-state index contributed by atoms with van der Waals surface area (Å²) in [5, 5.41) is 4.23. The number of hydrogen-bond acceptors (Lipinski definition) is 2. The third-order valence-corrected chi connectivity index (χ3v) is 6.50. The second-order valence-corrected chi connectivity index (χ2v) is 8.86. The minimum atomic E-state index is -0.0741. The van der Waals surface area contributed by atoms with Gasteiger partial charge in [0.1, 0.15) is 6.04 Å². The maximum atomic E-state index is 5.84. The molecule has 0 bridgehead atoms. The van der Waals surface area contributed by atoms with Gasteiger partial charge in [0.25, 0.3) is 0 Å². The normalized spacial score (nSPS) is 18.3. The van der Waals surface area contributed by atoms with Gasteiger partial charge in [-0.15, -0.1) is 0 Å². The van der Waals surface area contributed by atoms with Gasteiger partial charge in [-0.25, -0.2) is 0 Å². The molecule has 3 heterocycles. The Morgan fingerprint density at radius 1 is 0.935 bits per heavy atom. The van der Waals surface area contributed by atoms with E-state index in [-0.39, 0.29) is 12.1 Å². The SMILES string of the molecule is Cc1ccccc1-n1cccc1[C@H]1[C@@H](c2ccccn2)NC(=S)N1c1ccc(Br)cc1. The van der Waals surface area contributed by atoms with Crippen molar-refractivity contribution in [2.75, 3.05) is 4.90 Å². The second kappa shape index (κ2) is 8.29. The fraction of sp³-hybridized carbons (Fsp3) is 0.120. The van der Waals surface area contributed by atoms with E-state index in [0.717, 1.165) is 27.2 Å². The quantitative estimate of drug-likeness (QED) is 0.350.